The number of nitrogens with zero attached hydrogens (tertiary/aromatic N) is 1. The van der Waals surface area contributed by atoms with Gasteiger partial charge >= 0.3 is 0 Å². The highest BCUT2D eigenvalue weighted by Crippen LogP contribution is 2.30. The maximum absolute atomic E-state index is 11.7. The van der Waals surface area contributed by atoms with Crippen LogP contribution in [0.1, 0.15) is 24.6 Å². The van der Waals surface area contributed by atoms with Gasteiger partial charge in [0.05, 0.1) is 10.6 Å². The first kappa shape index (κ1) is 17.5. The summed E-state index contributed by atoms with van der Waals surface area (Å²) in [5, 5.41) is 0. The highest BCUT2D eigenvalue weighted by atomic mass is 32.2. The fourth-order valence-corrected chi connectivity index (χ4v) is 3.81. The Morgan fingerprint density at radius 2 is 1.60 bits per heavy atom. The van der Waals surface area contributed by atoms with Gasteiger partial charge in [0.25, 0.3) is 0 Å². The fraction of sp³-hybridized carbons (Fsp3) is 0.238. The Hall–Kier alpha value is -2.33. The second-order valence-electron chi connectivity index (χ2n) is 6.36. The van der Waals surface area contributed by atoms with Crippen molar-refractivity contribution in [1.82, 2.24) is 4.57 Å². The van der Waals surface area contributed by atoms with Crippen LogP contribution in [-0.2, 0) is 16.3 Å². The lowest BCUT2D eigenvalue weighted by atomic mass is 10.1. The van der Waals surface area contributed by atoms with E-state index in [9.17, 15) is 8.42 Å². The summed E-state index contributed by atoms with van der Waals surface area (Å²) in [5.74, 6) is 0. The molecule has 3 rings (SSSR count). The monoisotopic (exact) mass is 353 g/mol. The van der Waals surface area contributed by atoms with E-state index in [1.165, 1.54) is 17.5 Å². The number of hydrogen-bond acceptors (Lipinski definition) is 2. The molecule has 0 aliphatic heterocycles. The Labute approximate surface area is 149 Å². The molecular formula is C21H23NO2S. The Kier molecular flexibility index (Phi) is 4.82. The average Bonchev–Trinajstić information content (AvgIpc) is 2.92. The quantitative estimate of drug-likeness (QED) is 0.660. The summed E-state index contributed by atoms with van der Waals surface area (Å²) >= 11 is 0. The number of para-hydroxylation sites is 1. The topological polar surface area (TPSA) is 39.1 Å². The standard InChI is InChI=1S/C21H23NO2S/c1-4-8-18-15-21(17-11-13-20(14-12-17)25(3,23)24)22(16(18)2)19-9-6-5-7-10-19/h5-7,9-15H,4,8H2,1-3H3. The normalized spacial score (nSPS) is 11.6. The van der Waals surface area contributed by atoms with Crippen molar-refractivity contribution >= 4 is 9.84 Å². The summed E-state index contributed by atoms with van der Waals surface area (Å²) in [7, 11) is -3.18. The molecule has 0 radical (unpaired) electrons. The SMILES string of the molecule is CCCc1cc(-c2ccc(S(C)(=O)=O)cc2)n(-c2ccccc2)c1C. The predicted octanol–water partition coefficient (Wildman–Crippen LogP) is 4.81. The van der Waals surface area contributed by atoms with E-state index in [4.69, 9.17) is 0 Å². The maximum atomic E-state index is 11.7. The van der Waals surface area contributed by atoms with Crippen molar-refractivity contribution in [2.75, 3.05) is 6.26 Å². The molecule has 0 atom stereocenters. The summed E-state index contributed by atoms with van der Waals surface area (Å²) in [4.78, 5) is 0.347. The van der Waals surface area contributed by atoms with Crippen LogP contribution in [0.4, 0.5) is 0 Å². The molecule has 0 fully saturated rings. The van der Waals surface area contributed by atoms with E-state index in [1.807, 2.05) is 30.3 Å². The number of sulfone groups is 1. The summed E-state index contributed by atoms with van der Waals surface area (Å²) in [6.07, 6.45) is 3.35. The number of aromatic nitrogens is 1. The molecule has 130 valence electrons. The molecule has 0 aliphatic carbocycles. The van der Waals surface area contributed by atoms with E-state index in [2.05, 4.69) is 36.6 Å². The van der Waals surface area contributed by atoms with Gasteiger partial charge in [-0.25, -0.2) is 8.42 Å². The van der Waals surface area contributed by atoms with Crippen LogP contribution in [0.3, 0.4) is 0 Å². The lowest BCUT2D eigenvalue weighted by molar-refractivity contribution is 0.602. The number of hydrogen-bond donors (Lipinski definition) is 0. The van der Waals surface area contributed by atoms with Crippen LogP contribution < -0.4 is 0 Å². The first-order valence-electron chi connectivity index (χ1n) is 8.49. The first-order chi connectivity index (χ1) is 11.9. The van der Waals surface area contributed by atoms with Crippen molar-refractivity contribution in [2.24, 2.45) is 0 Å². The van der Waals surface area contributed by atoms with Gasteiger partial charge < -0.3 is 4.57 Å². The molecule has 3 nitrogen and oxygen atoms in total. The van der Waals surface area contributed by atoms with Crippen LogP contribution in [0.5, 0.6) is 0 Å². The Morgan fingerprint density at radius 1 is 0.960 bits per heavy atom. The minimum Gasteiger partial charge on any atom is -0.314 e. The smallest absolute Gasteiger partial charge is 0.175 e. The molecule has 0 unspecified atom stereocenters. The van der Waals surface area contributed by atoms with Crippen LogP contribution in [-0.4, -0.2) is 19.2 Å². The lowest BCUT2D eigenvalue weighted by Gasteiger charge is -2.12. The van der Waals surface area contributed by atoms with Gasteiger partial charge in [-0.15, -0.1) is 0 Å². The minimum atomic E-state index is -3.18. The molecule has 0 saturated carbocycles. The van der Waals surface area contributed by atoms with Gasteiger partial charge in [0.2, 0.25) is 0 Å². The molecule has 1 aromatic heterocycles. The molecule has 3 aromatic rings. The van der Waals surface area contributed by atoms with Crippen molar-refractivity contribution in [3.8, 4) is 16.9 Å². The molecule has 0 N–H and O–H groups in total. The van der Waals surface area contributed by atoms with Gasteiger partial charge in [0, 0.05) is 17.6 Å². The third-order valence-electron chi connectivity index (χ3n) is 4.46. The van der Waals surface area contributed by atoms with E-state index in [-0.39, 0.29) is 0 Å². The van der Waals surface area contributed by atoms with E-state index >= 15 is 0 Å². The predicted molar refractivity (Wildman–Crippen MR) is 103 cm³/mol. The van der Waals surface area contributed by atoms with Crippen molar-refractivity contribution in [3.05, 3.63) is 71.9 Å². The van der Waals surface area contributed by atoms with Crippen LogP contribution in [0.2, 0.25) is 0 Å². The number of rotatable bonds is 5. The van der Waals surface area contributed by atoms with E-state index in [1.54, 1.807) is 12.1 Å². The van der Waals surface area contributed by atoms with E-state index < -0.39 is 9.84 Å². The maximum Gasteiger partial charge on any atom is 0.175 e. The van der Waals surface area contributed by atoms with Gasteiger partial charge in [0.1, 0.15) is 0 Å². The highest BCUT2D eigenvalue weighted by molar-refractivity contribution is 7.90. The summed E-state index contributed by atoms with van der Waals surface area (Å²) in [5.41, 5.74) is 5.78. The van der Waals surface area contributed by atoms with Crippen molar-refractivity contribution in [3.63, 3.8) is 0 Å². The van der Waals surface area contributed by atoms with Crippen LogP contribution in [0.25, 0.3) is 16.9 Å². The van der Waals surface area contributed by atoms with Crippen LogP contribution in [0, 0.1) is 6.92 Å². The molecule has 1 heterocycles. The molecular weight excluding hydrogens is 330 g/mol. The minimum absolute atomic E-state index is 0.347. The lowest BCUT2D eigenvalue weighted by Crippen LogP contribution is -2.00. The zero-order chi connectivity index (χ0) is 18.0. The zero-order valence-electron chi connectivity index (χ0n) is 14.9. The van der Waals surface area contributed by atoms with Crippen molar-refractivity contribution < 1.29 is 8.42 Å². The number of aryl methyl sites for hydroxylation is 1. The Bertz CT molecular complexity index is 969. The van der Waals surface area contributed by atoms with Crippen molar-refractivity contribution in [1.29, 1.82) is 0 Å². The second-order valence-corrected chi connectivity index (χ2v) is 8.37. The number of benzene rings is 2. The summed E-state index contributed by atoms with van der Waals surface area (Å²) in [6.45, 7) is 4.33. The van der Waals surface area contributed by atoms with Crippen molar-refractivity contribution in [2.45, 2.75) is 31.6 Å². The van der Waals surface area contributed by atoms with E-state index in [0.717, 1.165) is 29.8 Å². The van der Waals surface area contributed by atoms with Gasteiger partial charge in [-0.1, -0.05) is 43.7 Å². The molecule has 0 aliphatic rings. The Balaban J connectivity index is 2.17. The molecule has 0 amide bonds. The average molecular weight is 353 g/mol. The molecule has 0 saturated heterocycles. The third-order valence-corrected chi connectivity index (χ3v) is 5.59. The van der Waals surface area contributed by atoms with Gasteiger partial charge in [-0.05, 0) is 54.8 Å². The fourth-order valence-electron chi connectivity index (χ4n) is 3.18. The zero-order valence-corrected chi connectivity index (χ0v) is 15.7. The first-order valence-corrected chi connectivity index (χ1v) is 10.4. The van der Waals surface area contributed by atoms with Crippen LogP contribution >= 0.6 is 0 Å². The summed E-state index contributed by atoms with van der Waals surface area (Å²) < 4.78 is 25.7. The Morgan fingerprint density at radius 3 is 2.16 bits per heavy atom. The molecule has 0 spiro atoms. The van der Waals surface area contributed by atoms with Gasteiger partial charge in [0.15, 0.2) is 9.84 Å². The van der Waals surface area contributed by atoms with Gasteiger partial charge in [-0.3, -0.25) is 0 Å². The highest BCUT2D eigenvalue weighted by Gasteiger charge is 2.15. The second kappa shape index (κ2) is 6.89. The molecule has 0 bridgehead atoms. The third kappa shape index (κ3) is 3.54. The molecule has 4 heteroatoms. The van der Waals surface area contributed by atoms with Crippen LogP contribution in [0.15, 0.2) is 65.6 Å². The largest absolute Gasteiger partial charge is 0.314 e. The molecule has 2 aromatic carbocycles. The van der Waals surface area contributed by atoms with E-state index in [0.29, 0.717) is 4.90 Å². The molecule has 25 heavy (non-hydrogen) atoms. The summed E-state index contributed by atoms with van der Waals surface area (Å²) in [6, 6.07) is 19.6. The van der Waals surface area contributed by atoms with Gasteiger partial charge in [-0.2, -0.15) is 0 Å².